The summed E-state index contributed by atoms with van der Waals surface area (Å²) in [6.07, 6.45) is 0. The van der Waals surface area contributed by atoms with Crippen LogP contribution in [0, 0.1) is 0 Å². The average molecular weight is 383 g/mol. The van der Waals surface area contributed by atoms with Crippen molar-refractivity contribution in [3.63, 3.8) is 0 Å². The molecule has 1 fully saturated rings. The molecule has 6 nitrogen and oxygen atoms in total. The predicted molar refractivity (Wildman–Crippen MR) is 113 cm³/mol. The molecule has 150 valence electrons. The van der Waals surface area contributed by atoms with Crippen LogP contribution in [0.25, 0.3) is 10.8 Å². The summed E-state index contributed by atoms with van der Waals surface area (Å²) in [4.78, 5) is 28.7. The first kappa shape index (κ1) is 20.3. The quantitative estimate of drug-likeness (QED) is 0.833. The van der Waals surface area contributed by atoms with Crippen LogP contribution < -0.4 is 10.6 Å². The lowest BCUT2D eigenvalue weighted by molar-refractivity contribution is -0.124. The Balaban J connectivity index is 1.43. The molecule has 1 saturated heterocycles. The molecular formula is C22H30N4O2. The SMILES string of the molecule is CC(C)(C)NC(=O)CN1CCN(CC(=O)Nc2ccc3ccccc3c2)CC1. The minimum atomic E-state index is -0.209. The Hall–Kier alpha value is -2.44. The summed E-state index contributed by atoms with van der Waals surface area (Å²) in [5, 5.41) is 8.26. The smallest absolute Gasteiger partial charge is 0.238 e. The monoisotopic (exact) mass is 382 g/mol. The lowest BCUT2D eigenvalue weighted by Gasteiger charge is -2.34. The van der Waals surface area contributed by atoms with Crippen molar-refractivity contribution in [3.05, 3.63) is 42.5 Å². The topological polar surface area (TPSA) is 64.7 Å². The molecule has 0 spiro atoms. The molecule has 2 N–H and O–H groups in total. The molecular weight excluding hydrogens is 352 g/mol. The van der Waals surface area contributed by atoms with E-state index in [1.165, 1.54) is 0 Å². The highest BCUT2D eigenvalue weighted by atomic mass is 16.2. The van der Waals surface area contributed by atoms with Crippen LogP contribution in [-0.2, 0) is 9.59 Å². The van der Waals surface area contributed by atoms with Gasteiger partial charge in [-0.1, -0.05) is 30.3 Å². The summed E-state index contributed by atoms with van der Waals surface area (Å²) in [5.74, 6) is 0.0456. The van der Waals surface area contributed by atoms with E-state index in [-0.39, 0.29) is 17.4 Å². The Kier molecular flexibility index (Phi) is 6.31. The van der Waals surface area contributed by atoms with E-state index in [9.17, 15) is 9.59 Å². The number of hydrogen-bond donors (Lipinski definition) is 2. The summed E-state index contributed by atoms with van der Waals surface area (Å²) in [6.45, 7) is 9.89. The van der Waals surface area contributed by atoms with E-state index >= 15 is 0 Å². The van der Waals surface area contributed by atoms with Gasteiger partial charge in [0, 0.05) is 37.4 Å². The number of rotatable bonds is 5. The van der Waals surface area contributed by atoms with Crippen molar-refractivity contribution in [1.82, 2.24) is 15.1 Å². The molecule has 2 aromatic rings. The van der Waals surface area contributed by atoms with E-state index in [0.717, 1.165) is 42.6 Å². The van der Waals surface area contributed by atoms with E-state index in [0.29, 0.717) is 13.1 Å². The lowest BCUT2D eigenvalue weighted by Crippen LogP contribution is -2.52. The van der Waals surface area contributed by atoms with Crippen molar-refractivity contribution in [2.75, 3.05) is 44.6 Å². The van der Waals surface area contributed by atoms with Gasteiger partial charge in [0.1, 0.15) is 0 Å². The van der Waals surface area contributed by atoms with Crippen LogP contribution in [0.4, 0.5) is 5.69 Å². The van der Waals surface area contributed by atoms with Gasteiger partial charge in [0.2, 0.25) is 11.8 Å². The van der Waals surface area contributed by atoms with Crippen LogP contribution in [0.5, 0.6) is 0 Å². The zero-order valence-corrected chi connectivity index (χ0v) is 17.0. The van der Waals surface area contributed by atoms with Crippen molar-refractivity contribution >= 4 is 28.3 Å². The zero-order valence-electron chi connectivity index (χ0n) is 17.0. The van der Waals surface area contributed by atoms with Gasteiger partial charge >= 0.3 is 0 Å². The number of hydrogen-bond acceptors (Lipinski definition) is 4. The van der Waals surface area contributed by atoms with Crippen LogP contribution in [0.3, 0.4) is 0 Å². The number of nitrogens with one attached hydrogen (secondary N) is 2. The summed E-state index contributed by atoms with van der Waals surface area (Å²) >= 11 is 0. The van der Waals surface area contributed by atoms with E-state index in [2.05, 4.69) is 26.5 Å². The first-order valence-corrected chi connectivity index (χ1v) is 9.83. The van der Waals surface area contributed by atoms with Gasteiger partial charge < -0.3 is 10.6 Å². The fourth-order valence-corrected chi connectivity index (χ4v) is 3.44. The predicted octanol–water partition coefficient (Wildman–Crippen LogP) is 2.31. The third kappa shape index (κ3) is 6.04. The van der Waals surface area contributed by atoms with Crippen LogP contribution >= 0.6 is 0 Å². The number of anilines is 1. The van der Waals surface area contributed by atoms with Gasteiger partial charge in [-0.25, -0.2) is 0 Å². The zero-order chi connectivity index (χ0) is 20.1. The number of carbonyl (C=O) groups excluding carboxylic acids is 2. The molecule has 3 rings (SSSR count). The van der Waals surface area contributed by atoms with Gasteiger partial charge in [-0.05, 0) is 43.7 Å². The van der Waals surface area contributed by atoms with E-state index in [4.69, 9.17) is 0 Å². The molecule has 0 radical (unpaired) electrons. The minimum Gasteiger partial charge on any atom is -0.350 e. The molecule has 0 atom stereocenters. The molecule has 0 unspecified atom stereocenters. The highest BCUT2D eigenvalue weighted by molar-refractivity contribution is 5.95. The Morgan fingerprint density at radius 3 is 2.04 bits per heavy atom. The second kappa shape index (κ2) is 8.71. The standard InChI is InChI=1S/C22H30N4O2/c1-22(2,3)24-21(28)16-26-12-10-25(11-13-26)15-20(27)23-19-9-8-17-6-4-5-7-18(17)14-19/h4-9,14H,10-13,15-16H2,1-3H3,(H,23,27)(H,24,28). The average Bonchev–Trinajstić information content (AvgIpc) is 2.61. The molecule has 0 saturated carbocycles. The number of piperazine rings is 1. The first-order valence-electron chi connectivity index (χ1n) is 9.83. The van der Waals surface area contributed by atoms with Gasteiger partial charge in [-0.3, -0.25) is 19.4 Å². The second-order valence-electron chi connectivity index (χ2n) is 8.46. The molecule has 1 aliphatic heterocycles. The van der Waals surface area contributed by atoms with Gasteiger partial charge in [-0.2, -0.15) is 0 Å². The summed E-state index contributed by atoms with van der Waals surface area (Å²) in [7, 11) is 0. The number of fused-ring (bicyclic) bond motifs is 1. The van der Waals surface area contributed by atoms with Crippen molar-refractivity contribution in [2.24, 2.45) is 0 Å². The van der Waals surface area contributed by atoms with Crippen molar-refractivity contribution < 1.29 is 9.59 Å². The Labute approximate surface area is 166 Å². The van der Waals surface area contributed by atoms with Crippen LogP contribution in [0.15, 0.2) is 42.5 Å². The second-order valence-corrected chi connectivity index (χ2v) is 8.46. The van der Waals surface area contributed by atoms with Gasteiger partial charge in [0.15, 0.2) is 0 Å². The fraction of sp³-hybridized carbons (Fsp3) is 0.455. The van der Waals surface area contributed by atoms with Gasteiger partial charge in [0.25, 0.3) is 0 Å². The summed E-state index contributed by atoms with van der Waals surface area (Å²) < 4.78 is 0. The van der Waals surface area contributed by atoms with Gasteiger partial charge in [0.05, 0.1) is 13.1 Å². The molecule has 0 bridgehead atoms. The summed E-state index contributed by atoms with van der Waals surface area (Å²) in [5.41, 5.74) is 0.612. The van der Waals surface area contributed by atoms with Crippen molar-refractivity contribution in [1.29, 1.82) is 0 Å². The molecule has 2 amide bonds. The largest absolute Gasteiger partial charge is 0.350 e. The Bertz CT molecular complexity index is 836. The normalized spacial score (nSPS) is 16.1. The molecule has 2 aromatic carbocycles. The van der Waals surface area contributed by atoms with E-state index < -0.39 is 0 Å². The highest BCUT2D eigenvalue weighted by Crippen LogP contribution is 2.18. The third-order valence-corrected chi connectivity index (χ3v) is 4.75. The third-order valence-electron chi connectivity index (χ3n) is 4.75. The highest BCUT2D eigenvalue weighted by Gasteiger charge is 2.22. The maximum Gasteiger partial charge on any atom is 0.238 e. The first-order chi connectivity index (χ1) is 13.3. The Morgan fingerprint density at radius 1 is 0.857 bits per heavy atom. The molecule has 0 aliphatic carbocycles. The van der Waals surface area contributed by atoms with Crippen LogP contribution in [-0.4, -0.2) is 66.4 Å². The van der Waals surface area contributed by atoms with E-state index in [1.54, 1.807) is 0 Å². The molecule has 28 heavy (non-hydrogen) atoms. The van der Waals surface area contributed by atoms with Crippen molar-refractivity contribution in [2.45, 2.75) is 26.3 Å². The summed E-state index contributed by atoms with van der Waals surface area (Å²) in [6, 6.07) is 14.1. The molecule has 6 heteroatoms. The van der Waals surface area contributed by atoms with E-state index in [1.807, 2.05) is 57.2 Å². The Morgan fingerprint density at radius 2 is 1.43 bits per heavy atom. The molecule has 0 aromatic heterocycles. The lowest BCUT2D eigenvalue weighted by atomic mass is 10.1. The maximum atomic E-state index is 12.4. The number of amides is 2. The minimum absolute atomic E-state index is 0.00536. The van der Waals surface area contributed by atoms with Crippen LogP contribution in [0.2, 0.25) is 0 Å². The fourth-order valence-electron chi connectivity index (χ4n) is 3.44. The number of benzene rings is 2. The number of nitrogens with zero attached hydrogens (tertiary/aromatic N) is 2. The van der Waals surface area contributed by atoms with Crippen LogP contribution in [0.1, 0.15) is 20.8 Å². The molecule has 1 heterocycles. The molecule has 1 aliphatic rings. The maximum absolute atomic E-state index is 12.4. The van der Waals surface area contributed by atoms with Gasteiger partial charge in [-0.15, -0.1) is 0 Å². The van der Waals surface area contributed by atoms with Crippen molar-refractivity contribution in [3.8, 4) is 0 Å². The number of carbonyl (C=O) groups is 2.